The molecule has 20 heavy (non-hydrogen) atoms. The number of hydrogen-bond donors (Lipinski definition) is 1. The highest BCUT2D eigenvalue weighted by atomic mass is 16.2. The zero-order valence-corrected chi connectivity index (χ0v) is 11.5. The van der Waals surface area contributed by atoms with Gasteiger partial charge in [0.1, 0.15) is 6.04 Å². The molecule has 4 heteroatoms. The second kappa shape index (κ2) is 5.64. The van der Waals surface area contributed by atoms with Gasteiger partial charge < -0.3 is 10.2 Å². The number of likely N-dealkylation sites (tertiary alicyclic amines) is 1. The summed E-state index contributed by atoms with van der Waals surface area (Å²) in [5.74, 6) is 0.501. The highest BCUT2D eigenvalue weighted by Crippen LogP contribution is 2.28. The van der Waals surface area contributed by atoms with E-state index in [0.29, 0.717) is 5.92 Å². The van der Waals surface area contributed by atoms with E-state index >= 15 is 0 Å². The van der Waals surface area contributed by atoms with Crippen molar-refractivity contribution in [1.29, 1.82) is 5.26 Å². The Morgan fingerprint density at radius 3 is 2.90 bits per heavy atom. The molecule has 1 aromatic rings. The number of rotatable bonds is 2. The van der Waals surface area contributed by atoms with Crippen molar-refractivity contribution in [1.82, 2.24) is 10.2 Å². The lowest BCUT2D eigenvalue weighted by Crippen LogP contribution is -2.45. The first-order valence-electron chi connectivity index (χ1n) is 7.28. The highest BCUT2D eigenvalue weighted by Gasteiger charge is 2.37. The molecule has 0 spiro atoms. The molecule has 1 N–H and O–H groups in total. The summed E-state index contributed by atoms with van der Waals surface area (Å²) < 4.78 is 0. The summed E-state index contributed by atoms with van der Waals surface area (Å²) >= 11 is 0. The maximum atomic E-state index is 12.5. The van der Waals surface area contributed by atoms with Gasteiger partial charge in [0.2, 0.25) is 5.91 Å². The number of nitrogens with one attached hydrogen (secondary N) is 1. The molecule has 2 fully saturated rings. The molecule has 0 radical (unpaired) electrons. The van der Waals surface area contributed by atoms with Crippen LogP contribution in [0.5, 0.6) is 0 Å². The van der Waals surface area contributed by atoms with Crippen LogP contribution in [-0.2, 0) is 4.79 Å². The number of carbonyl (C=O) groups is 1. The number of benzene rings is 1. The molecule has 104 valence electrons. The van der Waals surface area contributed by atoms with E-state index in [0.717, 1.165) is 32.4 Å². The van der Waals surface area contributed by atoms with E-state index in [1.54, 1.807) is 4.90 Å². The maximum absolute atomic E-state index is 12.5. The van der Waals surface area contributed by atoms with Crippen molar-refractivity contribution in [2.45, 2.75) is 37.3 Å². The number of nitriles is 1. The van der Waals surface area contributed by atoms with Crippen LogP contribution >= 0.6 is 0 Å². The molecule has 0 aromatic heterocycles. The first-order valence-corrected chi connectivity index (χ1v) is 7.28. The van der Waals surface area contributed by atoms with Crippen LogP contribution in [0.2, 0.25) is 0 Å². The van der Waals surface area contributed by atoms with Crippen LogP contribution in [-0.4, -0.2) is 36.0 Å². The topological polar surface area (TPSA) is 56.1 Å². The third-order valence-corrected chi connectivity index (χ3v) is 4.38. The van der Waals surface area contributed by atoms with Crippen molar-refractivity contribution < 1.29 is 4.79 Å². The molecule has 3 atom stereocenters. The highest BCUT2D eigenvalue weighted by molar-refractivity contribution is 5.83. The number of carbonyl (C=O) groups excluding carboxylic acids is 1. The Morgan fingerprint density at radius 1 is 1.35 bits per heavy atom. The number of hydrogen-bond acceptors (Lipinski definition) is 3. The Morgan fingerprint density at radius 2 is 2.15 bits per heavy atom. The lowest BCUT2D eigenvalue weighted by atomic mass is 9.96. The molecule has 0 bridgehead atoms. The zero-order valence-electron chi connectivity index (χ0n) is 11.5. The van der Waals surface area contributed by atoms with Crippen molar-refractivity contribution in [3.8, 4) is 6.07 Å². The predicted molar refractivity (Wildman–Crippen MR) is 75.9 cm³/mol. The van der Waals surface area contributed by atoms with Gasteiger partial charge in [0.25, 0.3) is 0 Å². The van der Waals surface area contributed by atoms with Gasteiger partial charge in [-0.05, 0) is 30.7 Å². The molecule has 2 heterocycles. The van der Waals surface area contributed by atoms with Gasteiger partial charge in [0.05, 0.1) is 12.1 Å². The molecule has 2 aliphatic rings. The van der Waals surface area contributed by atoms with Crippen LogP contribution in [0.15, 0.2) is 30.3 Å². The molecular formula is C16H19N3O. The third kappa shape index (κ3) is 2.41. The monoisotopic (exact) mass is 269 g/mol. The van der Waals surface area contributed by atoms with Crippen molar-refractivity contribution >= 4 is 5.91 Å². The van der Waals surface area contributed by atoms with Gasteiger partial charge in [-0.2, -0.15) is 5.26 Å². The minimum atomic E-state index is -0.222. The Kier molecular flexibility index (Phi) is 3.70. The average Bonchev–Trinajstić information content (AvgIpc) is 3.16. The van der Waals surface area contributed by atoms with Gasteiger partial charge in [-0.3, -0.25) is 4.79 Å². The lowest BCUT2D eigenvalue weighted by Gasteiger charge is -2.23. The fraction of sp³-hybridized carbons (Fsp3) is 0.500. The van der Waals surface area contributed by atoms with Crippen molar-refractivity contribution in [2.24, 2.45) is 0 Å². The maximum Gasteiger partial charge on any atom is 0.240 e. The number of nitrogens with zero attached hydrogens (tertiary/aromatic N) is 2. The van der Waals surface area contributed by atoms with Gasteiger partial charge in [0.15, 0.2) is 0 Å². The lowest BCUT2D eigenvalue weighted by molar-refractivity contribution is -0.133. The van der Waals surface area contributed by atoms with Crippen molar-refractivity contribution in [2.75, 3.05) is 13.1 Å². The molecule has 0 saturated carbocycles. The molecule has 2 aliphatic heterocycles. The summed E-state index contributed by atoms with van der Waals surface area (Å²) in [4.78, 5) is 14.3. The van der Waals surface area contributed by atoms with Gasteiger partial charge in [0, 0.05) is 13.1 Å². The summed E-state index contributed by atoms with van der Waals surface area (Å²) in [5, 5.41) is 12.4. The first-order chi connectivity index (χ1) is 9.79. The minimum absolute atomic E-state index is 0.104. The van der Waals surface area contributed by atoms with Gasteiger partial charge in [-0.25, -0.2) is 0 Å². The third-order valence-electron chi connectivity index (χ3n) is 4.38. The smallest absolute Gasteiger partial charge is 0.240 e. The zero-order chi connectivity index (χ0) is 13.9. The van der Waals surface area contributed by atoms with E-state index in [4.69, 9.17) is 5.26 Å². The molecule has 2 saturated heterocycles. The van der Waals surface area contributed by atoms with Crippen LogP contribution in [0.1, 0.15) is 30.7 Å². The summed E-state index contributed by atoms with van der Waals surface area (Å²) in [6, 6.07) is 12.2. The minimum Gasteiger partial charge on any atom is -0.325 e. The molecule has 3 rings (SSSR count). The van der Waals surface area contributed by atoms with Crippen molar-refractivity contribution in [3.63, 3.8) is 0 Å². The first kappa shape index (κ1) is 13.1. The van der Waals surface area contributed by atoms with Crippen LogP contribution in [0.25, 0.3) is 0 Å². The SMILES string of the molecule is N#C[C@@H]1CCCN1C(=O)[C@@H]1C[C@H](c2ccccc2)CN1. The number of amides is 1. The van der Waals surface area contributed by atoms with E-state index in [9.17, 15) is 4.79 Å². The van der Waals surface area contributed by atoms with E-state index < -0.39 is 0 Å². The Balaban J connectivity index is 1.65. The fourth-order valence-electron chi connectivity index (χ4n) is 3.27. The van der Waals surface area contributed by atoms with Gasteiger partial charge >= 0.3 is 0 Å². The average molecular weight is 269 g/mol. The van der Waals surface area contributed by atoms with Crippen LogP contribution in [0.4, 0.5) is 0 Å². The van der Waals surface area contributed by atoms with Crippen molar-refractivity contribution in [3.05, 3.63) is 35.9 Å². The van der Waals surface area contributed by atoms with E-state index in [1.165, 1.54) is 5.56 Å². The standard InChI is InChI=1S/C16H19N3O/c17-10-14-7-4-8-19(14)16(20)15-9-13(11-18-15)12-5-2-1-3-6-12/h1-3,5-6,13-15,18H,4,7-9,11H2/t13-,14-,15-/m0/s1. The largest absolute Gasteiger partial charge is 0.325 e. The van der Waals surface area contributed by atoms with Crippen LogP contribution < -0.4 is 5.32 Å². The second-order valence-electron chi connectivity index (χ2n) is 5.62. The van der Waals surface area contributed by atoms with E-state index in [-0.39, 0.29) is 18.0 Å². The second-order valence-corrected chi connectivity index (χ2v) is 5.62. The molecule has 1 amide bonds. The van der Waals surface area contributed by atoms with E-state index in [1.807, 2.05) is 18.2 Å². The van der Waals surface area contributed by atoms with Gasteiger partial charge in [-0.1, -0.05) is 30.3 Å². The summed E-state index contributed by atoms with van der Waals surface area (Å²) in [5.41, 5.74) is 1.29. The predicted octanol–water partition coefficient (Wildman–Crippen LogP) is 1.65. The molecule has 1 aromatic carbocycles. The van der Waals surface area contributed by atoms with Gasteiger partial charge in [-0.15, -0.1) is 0 Å². The molecule has 0 unspecified atom stereocenters. The van der Waals surface area contributed by atoms with E-state index in [2.05, 4.69) is 23.5 Å². The summed E-state index contributed by atoms with van der Waals surface area (Å²) in [7, 11) is 0. The molecule has 0 aliphatic carbocycles. The van der Waals surface area contributed by atoms with Crippen LogP contribution in [0.3, 0.4) is 0 Å². The Hall–Kier alpha value is -1.86. The summed E-state index contributed by atoms with van der Waals surface area (Å²) in [6.07, 6.45) is 2.59. The Labute approximate surface area is 119 Å². The van der Waals surface area contributed by atoms with Crippen LogP contribution in [0, 0.1) is 11.3 Å². The molecular weight excluding hydrogens is 250 g/mol. The normalized spacial score (nSPS) is 29.4. The Bertz CT molecular complexity index is 522. The fourth-order valence-corrected chi connectivity index (χ4v) is 3.27. The summed E-state index contributed by atoms with van der Waals surface area (Å²) in [6.45, 7) is 1.57. The molecule has 4 nitrogen and oxygen atoms in total. The quantitative estimate of drug-likeness (QED) is 0.888.